The van der Waals surface area contributed by atoms with Crippen molar-refractivity contribution in [2.45, 2.75) is 31.5 Å². The smallest absolute Gasteiger partial charge is 0.157 e. The maximum absolute atomic E-state index is 13.2. The summed E-state index contributed by atoms with van der Waals surface area (Å²) in [5.74, 6) is 0. The Morgan fingerprint density at radius 1 is 0.647 bits per heavy atom. The molecule has 0 saturated carbocycles. The normalized spacial score (nSPS) is 11.8. The molecule has 0 atom stereocenters. The first-order valence-electron chi connectivity index (χ1n) is 11.9. The zero-order chi connectivity index (χ0) is 23.9. The molecule has 4 rings (SSSR count). The monoisotopic (exact) mass is 464 g/mol. The number of carbonyl (C=O) groups is 1. The molecule has 0 amide bonds. The summed E-state index contributed by atoms with van der Waals surface area (Å²) in [6.45, 7) is 4.78. The van der Waals surface area contributed by atoms with E-state index in [-0.39, 0.29) is 0 Å². The highest BCUT2D eigenvalue weighted by Crippen LogP contribution is 2.40. The SMILES string of the molecule is C[Si](C)(C(=O)CCCOC(c1ccccc1)(c1ccccc1)c1ccccc1)c1ccccc1. The quantitative estimate of drug-likeness (QED) is 0.152. The van der Waals surface area contributed by atoms with Gasteiger partial charge in [-0.3, -0.25) is 0 Å². The number of rotatable bonds is 10. The minimum absolute atomic E-state index is 0.368. The molecule has 0 saturated heterocycles. The summed E-state index contributed by atoms with van der Waals surface area (Å²) >= 11 is 0. The first kappa shape index (κ1) is 23.9. The van der Waals surface area contributed by atoms with Crippen LogP contribution in [0.5, 0.6) is 0 Å². The van der Waals surface area contributed by atoms with E-state index in [9.17, 15) is 4.79 Å². The molecule has 0 heterocycles. The molecule has 0 bridgehead atoms. The fraction of sp³-hybridized carbons (Fsp3) is 0.194. The number of ether oxygens (including phenoxy) is 1. The third kappa shape index (κ3) is 4.96. The van der Waals surface area contributed by atoms with Crippen molar-refractivity contribution in [1.82, 2.24) is 0 Å². The first-order valence-corrected chi connectivity index (χ1v) is 14.9. The Bertz CT molecular complexity index is 1080. The lowest BCUT2D eigenvalue weighted by molar-refractivity contribution is -0.113. The van der Waals surface area contributed by atoms with Crippen LogP contribution in [-0.4, -0.2) is 20.1 Å². The maximum Gasteiger partial charge on any atom is 0.157 e. The van der Waals surface area contributed by atoms with Gasteiger partial charge in [-0.25, -0.2) is 0 Å². The highest BCUT2D eigenvalue weighted by molar-refractivity contribution is 7.13. The fourth-order valence-corrected chi connectivity index (χ4v) is 6.70. The average Bonchev–Trinajstić information content (AvgIpc) is 2.91. The molecular weight excluding hydrogens is 432 g/mol. The van der Waals surface area contributed by atoms with Crippen molar-refractivity contribution in [3.8, 4) is 0 Å². The average molecular weight is 465 g/mol. The Kier molecular flexibility index (Phi) is 7.56. The van der Waals surface area contributed by atoms with Gasteiger partial charge in [0.15, 0.2) is 8.07 Å². The van der Waals surface area contributed by atoms with Crippen LogP contribution in [0.4, 0.5) is 0 Å². The summed E-state index contributed by atoms with van der Waals surface area (Å²) in [6, 6.07) is 41.4. The van der Waals surface area contributed by atoms with Gasteiger partial charge in [0.25, 0.3) is 0 Å². The molecule has 172 valence electrons. The molecule has 0 aliphatic rings. The Hall–Kier alpha value is -3.27. The van der Waals surface area contributed by atoms with Gasteiger partial charge in [-0.1, -0.05) is 140 Å². The van der Waals surface area contributed by atoms with Crippen molar-refractivity contribution in [2.24, 2.45) is 0 Å². The van der Waals surface area contributed by atoms with Gasteiger partial charge in [-0.2, -0.15) is 0 Å². The van der Waals surface area contributed by atoms with Crippen LogP contribution in [0.15, 0.2) is 121 Å². The van der Waals surface area contributed by atoms with E-state index in [1.807, 2.05) is 36.4 Å². The molecule has 0 aromatic heterocycles. The van der Waals surface area contributed by atoms with E-state index in [1.54, 1.807) is 0 Å². The van der Waals surface area contributed by atoms with Gasteiger partial charge >= 0.3 is 0 Å². The molecule has 2 nitrogen and oxygen atoms in total. The Labute approximate surface area is 204 Å². The van der Waals surface area contributed by atoms with E-state index in [1.165, 1.54) is 5.19 Å². The number of hydrogen-bond donors (Lipinski definition) is 0. The van der Waals surface area contributed by atoms with Crippen molar-refractivity contribution in [1.29, 1.82) is 0 Å². The van der Waals surface area contributed by atoms with Crippen LogP contribution in [-0.2, 0) is 15.1 Å². The summed E-state index contributed by atoms with van der Waals surface area (Å²) < 4.78 is 6.82. The van der Waals surface area contributed by atoms with E-state index in [4.69, 9.17) is 4.74 Å². The van der Waals surface area contributed by atoms with Gasteiger partial charge in [-0.15, -0.1) is 0 Å². The molecule has 4 aromatic rings. The predicted octanol–water partition coefficient (Wildman–Crippen LogP) is 6.50. The summed E-state index contributed by atoms with van der Waals surface area (Å²) in [7, 11) is -2.16. The van der Waals surface area contributed by atoms with E-state index >= 15 is 0 Å². The van der Waals surface area contributed by atoms with Crippen LogP contribution in [0.2, 0.25) is 13.1 Å². The molecule has 0 spiro atoms. The Balaban J connectivity index is 1.59. The van der Waals surface area contributed by atoms with Crippen molar-refractivity contribution in [3.63, 3.8) is 0 Å². The summed E-state index contributed by atoms with van der Waals surface area (Å²) in [4.78, 5) is 13.2. The zero-order valence-electron chi connectivity index (χ0n) is 20.0. The lowest BCUT2D eigenvalue weighted by Gasteiger charge is -2.36. The number of hydrogen-bond acceptors (Lipinski definition) is 2. The minimum atomic E-state index is -2.16. The molecule has 34 heavy (non-hydrogen) atoms. The van der Waals surface area contributed by atoms with Crippen LogP contribution >= 0.6 is 0 Å². The molecule has 0 aliphatic carbocycles. The molecule has 3 heteroatoms. The second kappa shape index (κ2) is 10.8. The zero-order valence-corrected chi connectivity index (χ0v) is 21.0. The van der Waals surface area contributed by atoms with E-state index in [0.717, 1.165) is 16.7 Å². The van der Waals surface area contributed by atoms with Crippen LogP contribution in [0.1, 0.15) is 29.5 Å². The molecule has 4 aromatic carbocycles. The van der Waals surface area contributed by atoms with E-state index in [0.29, 0.717) is 24.9 Å². The molecule has 0 unspecified atom stereocenters. The minimum Gasteiger partial charge on any atom is -0.361 e. The van der Waals surface area contributed by atoms with Crippen LogP contribution in [0, 0.1) is 0 Å². The van der Waals surface area contributed by atoms with Crippen molar-refractivity contribution in [2.75, 3.05) is 6.61 Å². The molecule has 0 N–H and O–H groups in total. The fourth-order valence-electron chi connectivity index (χ4n) is 4.55. The standard InChI is InChI=1S/C31H32O2Si/c1-34(2,29-22-13-6-14-23-29)30(32)24-15-25-33-31(26-16-7-3-8-17-26,27-18-9-4-10-19-27)28-20-11-5-12-21-28/h3-14,16-23H,15,24-25H2,1-2H3. The van der Waals surface area contributed by atoms with Gasteiger partial charge in [0.05, 0.1) is 0 Å². The number of carbonyl (C=O) groups excluding carboxylic acids is 1. The predicted molar refractivity (Wildman–Crippen MR) is 143 cm³/mol. The van der Waals surface area contributed by atoms with Gasteiger partial charge in [0, 0.05) is 13.0 Å². The summed E-state index contributed by atoms with van der Waals surface area (Å²) in [5.41, 5.74) is 2.51. The third-order valence-corrected chi connectivity index (χ3v) is 10.0. The van der Waals surface area contributed by atoms with Crippen LogP contribution in [0.3, 0.4) is 0 Å². The molecular formula is C31H32O2Si. The number of benzene rings is 4. The maximum atomic E-state index is 13.2. The molecule has 0 fully saturated rings. The summed E-state index contributed by atoms with van der Waals surface area (Å²) in [6.07, 6.45) is 1.22. The first-order chi connectivity index (χ1) is 16.5. The lowest BCUT2D eigenvalue weighted by atomic mass is 9.80. The third-order valence-electron chi connectivity index (χ3n) is 6.60. The van der Waals surface area contributed by atoms with Gasteiger partial charge in [0.1, 0.15) is 11.0 Å². The van der Waals surface area contributed by atoms with Gasteiger partial charge < -0.3 is 9.53 Å². The van der Waals surface area contributed by atoms with Crippen molar-refractivity contribution < 1.29 is 9.53 Å². The van der Waals surface area contributed by atoms with E-state index < -0.39 is 13.7 Å². The topological polar surface area (TPSA) is 26.3 Å². The lowest BCUT2D eigenvalue weighted by Crippen LogP contribution is -2.49. The highest BCUT2D eigenvalue weighted by atomic mass is 28.3. The summed E-state index contributed by atoms with van der Waals surface area (Å²) in [5, 5.41) is 1.56. The van der Waals surface area contributed by atoms with Crippen LogP contribution < -0.4 is 5.19 Å². The van der Waals surface area contributed by atoms with Crippen LogP contribution in [0.25, 0.3) is 0 Å². The highest BCUT2D eigenvalue weighted by Gasteiger charge is 2.37. The van der Waals surface area contributed by atoms with Crippen molar-refractivity contribution >= 4 is 18.7 Å². The largest absolute Gasteiger partial charge is 0.361 e. The van der Waals surface area contributed by atoms with E-state index in [2.05, 4.69) is 98.0 Å². The van der Waals surface area contributed by atoms with Crippen molar-refractivity contribution in [3.05, 3.63) is 138 Å². The Morgan fingerprint density at radius 2 is 1.03 bits per heavy atom. The second-order valence-corrected chi connectivity index (χ2v) is 13.5. The van der Waals surface area contributed by atoms with Gasteiger partial charge in [-0.05, 0) is 23.1 Å². The second-order valence-electron chi connectivity index (χ2n) is 9.15. The van der Waals surface area contributed by atoms with Gasteiger partial charge in [0.2, 0.25) is 0 Å². The molecule has 0 aliphatic heterocycles. The molecule has 0 radical (unpaired) electrons. The Morgan fingerprint density at radius 3 is 1.44 bits per heavy atom.